The molecule has 1 aliphatic heterocycles. The van der Waals surface area contributed by atoms with Gasteiger partial charge in [-0.05, 0) is 18.2 Å². The van der Waals surface area contributed by atoms with Gasteiger partial charge in [0.2, 0.25) is 5.91 Å². The summed E-state index contributed by atoms with van der Waals surface area (Å²) in [6.07, 6.45) is -0.0708. The molecule has 1 heterocycles. The average Bonchev–Trinajstić information content (AvgIpc) is 2.34. The summed E-state index contributed by atoms with van der Waals surface area (Å²) in [7, 11) is 1.52. The summed E-state index contributed by atoms with van der Waals surface area (Å²) in [6, 6.07) is 5.58. The molecule has 0 bridgehead atoms. The number of benzene rings is 1. The van der Waals surface area contributed by atoms with E-state index in [0.29, 0.717) is 5.69 Å². The summed E-state index contributed by atoms with van der Waals surface area (Å²) in [6.45, 7) is 0. The van der Waals surface area contributed by atoms with Crippen molar-refractivity contribution in [1.82, 2.24) is 4.90 Å². The van der Waals surface area contributed by atoms with Gasteiger partial charge in [-0.25, -0.2) is 9.38 Å². The number of carbonyl (C=O) groups excluding carboxylic acids is 1. The summed E-state index contributed by atoms with van der Waals surface area (Å²) in [5.74, 6) is -1.81. The lowest BCUT2D eigenvalue weighted by atomic mass is 10.3. The Bertz CT molecular complexity index is 562. The maximum absolute atomic E-state index is 13.0. The van der Waals surface area contributed by atoms with Crippen LogP contribution in [0, 0.1) is 5.82 Å². The van der Waals surface area contributed by atoms with E-state index in [-0.39, 0.29) is 17.5 Å². The molecule has 0 aliphatic carbocycles. The summed E-state index contributed by atoms with van der Waals surface area (Å²) in [5, 5.41) is 8.37. The van der Waals surface area contributed by atoms with E-state index < -0.39 is 17.0 Å². The number of amidine groups is 1. The second-order valence-electron chi connectivity index (χ2n) is 3.98. The molecule has 7 heteroatoms. The molecule has 1 N–H and O–H groups in total. The minimum atomic E-state index is -1.06. The third kappa shape index (κ3) is 3.11. The van der Waals surface area contributed by atoms with Crippen molar-refractivity contribution in [2.45, 2.75) is 11.7 Å². The lowest BCUT2D eigenvalue weighted by Crippen LogP contribution is -2.41. The van der Waals surface area contributed by atoms with E-state index >= 15 is 0 Å². The van der Waals surface area contributed by atoms with E-state index in [9.17, 15) is 14.0 Å². The molecule has 1 amide bonds. The van der Waals surface area contributed by atoms with Gasteiger partial charge in [-0.15, -0.1) is 0 Å². The number of carbonyl (C=O) groups is 2. The van der Waals surface area contributed by atoms with Crippen LogP contribution in [0.2, 0.25) is 0 Å². The smallest absolute Gasteiger partial charge is 0.317 e. The van der Waals surface area contributed by atoms with Crippen LogP contribution in [0.4, 0.5) is 10.1 Å². The maximum atomic E-state index is 13.0. The van der Waals surface area contributed by atoms with E-state index in [2.05, 4.69) is 4.99 Å². The minimum Gasteiger partial charge on any atom is -0.480 e. The van der Waals surface area contributed by atoms with E-state index in [4.69, 9.17) is 5.11 Å². The molecule has 1 unspecified atom stereocenters. The first-order valence-corrected chi connectivity index (χ1v) is 6.35. The van der Waals surface area contributed by atoms with Crippen molar-refractivity contribution in [2.75, 3.05) is 7.05 Å². The Hall–Kier alpha value is -1.89. The molecule has 1 atom stereocenters. The molecular weight excluding hydrogens is 271 g/mol. The fraction of sp³-hybridized carbons (Fsp3) is 0.250. The van der Waals surface area contributed by atoms with Gasteiger partial charge in [-0.2, -0.15) is 0 Å². The number of aliphatic imine (C=N–C) groups is 1. The second-order valence-corrected chi connectivity index (χ2v) is 5.15. The van der Waals surface area contributed by atoms with Crippen molar-refractivity contribution in [3.8, 4) is 0 Å². The number of thioether (sulfide) groups is 1. The largest absolute Gasteiger partial charge is 0.480 e. The zero-order valence-electron chi connectivity index (χ0n) is 10.0. The number of nitrogens with zero attached hydrogens (tertiary/aromatic N) is 2. The maximum Gasteiger partial charge on any atom is 0.317 e. The lowest BCUT2D eigenvalue weighted by molar-refractivity contribution is -0.139. The van der Waals surface area contributed by atoms with Gasteiger partial charge in [0.15, 0.2) is 5.17 Å². The predicted molar refractivity (Wildman–Crippen MR) is 69.9 cm³/mol. The number of aliphatic carboxylic acids is 1. The van der Waals surface area contributed by atoms with Crippen LogP contribution >= 0.6 is 11.8 Å². The van der Waals surface area contributed by atoms with Crippen molar-refractivity contribution < 1.29 is 19.1 Å². The number of amides is 1. The molecule has 5 nitrogen and oxygen atoms in total. The zero-order chi connectivity index (χ0) is 14.0. The molecule has 0 radical (unpaired) electrons. The van der Waals surface area contributed by atoms with E-state index in [1.807, 2.05) is 0 Å². The Morgan fingerprint density at radius 2 is 2.32 bits per heavy atom. The van der Waals surface area contributed by atoms with Crippen LogP contribution in [0.3, 0.4) is 0 Å². The van der Waals surface area contributed by atoms with Crippen molar-refractivity contribution in [3.05, 3.63) is 30.1 Å². The van der Waals surface area contributed by atoms with Gasteiger partial charge in [-0.3, -0.25) is 14.5 Å². The van der Waals surface area contributed by atoms with E-state index in [1.165, 1.54) is 30.1 Å². The Morgan fingerprint density at radius 3 is 2.95 bits per heavy atom. The van der Waals surface area contributed by atoms with Gasteiger partial charge < -0.3 is 5.11 Å². The molecule has 0 saturated carbocycles. The minimum absolute atomic E-state index is 0.0708. The first-order chi connectivity index (χ1) is 8.97. The molecule has 2 rings (SSSR count). The van der Waals surface area contributed by atoms with Gasteiger partial charge in [0.05, 0.1) is 12.1 Å². The molecule has 0 spiro atoms. The molecular formula is C12H11FN2O3S. The molecule has 0 aromatic heterocycles. The summed E-state index contributed by atoms with van der Waals surface area (Å²) < 4.78 is 13.0. The highest BCUT2D eigenvalue weighted by atomic mass is 32.2. The third-order valence-corrected chi connectivity index (χ3v) is 3.81. The van der Waals surface area contributed by atoms with Crippen LogP contribution in [0.25, 0.3) is 0 Å². The van der Waals surface area contributed by atoms with Crippen molar-refractivity contribution in [3.63, 3.8) is 0 Å². The number of carboxylic acid groups (broad SMARTS) is 1. The second kappa shape index (κ2) is 5.40. The van der Waals surface area contributed by atoms with Crippen LogP contribution in [0.1, 0.15) is 6.42 Å². The molecule has 19 heavy (non-hydrogen) atoms. The molecule has 1 fully saturated rings. The van der Waals surface area contributed by atoms with Crippen LogP contribution in [0.5, 0.6) is 0 Å². The standard InChI is InChI=1S/C12H11FN2O3S/c1-15-10(16)6-9(11(17)18)19-12(15)14-8-4-2-3-7(13)5-8/h2-5,9H,6H2,1H3,(H,17,18). The fourth-order valence-electron chi connectivity index (χ4n) is 1.55. The van der Waals surface area contributed by atoms with Gasteiger partial charge in [0.25, 0.3) is 0 Å². The summed E-state index contributed by atoms with van der Waals surface area (Å²) in [4.78, 5) is 28.0. The van der Waals surface area contributed by atoms with Crippen LogP contribution in [0.15, 0.2) is 29.3 Å². The SMILES string of the molecule is CN1C(=O)CC(C(=O)O)SC1=Nc1cccc(F)c1. The first-order valence-electron chi connectivity index (χ1n) is 5.47. The van der Waals surface area contributed by atoms with Crippen LogP contribution in [-0.4, -0.2) is 39.3 Å². The van der Waals surface area contributed by atoms with Gasteiger partial charge >= 0.3 is 5.97 Å². The average molecular weight is 282 g/mol. The summed E-state index contributed by atoms with van der Waals surface area (Å²) >= 11 is 0.985. The quantitative estimate of drug-likeness (QED) is 0.899. The van der Waals surface area contributed by atoms with Gasteiger partial charge in [0.1, 0.15) is 11.1 Å². The Morgan fingerprint density at radius 1 is 1.58 bits per heavy atom. The number of hydrogen-bond acceptors (Lipinski definition) is 4. The van der Waals surface area contributed by atoms with E-state index in [0.717, 1.165) is 11.8 Å². The van der Waals surface area contributed by atoms with Crippen LogP contribution < -0.4 is 0 Å². The Labute approximate surface area is 113 Å². The van der Waals surface area contributed by atoms with Gasteiger partial charge in [-0.1, -0.05) is 17.8 Å². The number of halogens is 1. The molecule has 100 valence electrons. The fourth-order valence-corrected chi connectivity index (χ4v) is 2.54. The summed E-state index contributed by atoms with van der Waals surface area (Å²) in [5.41, 5.74) is 0.341. The normalized spacial score (nSPS) is 21.8. The Balaban J connectivity index is 2.30. The van der Waals surface area contributed by atoms with Crippen molar-refractivity contribution in [1.29, 1.82) is 0 Å². The van der Waals surface area contributed by atoms with E-state index in [1.54, 1.807) is 6.07 Å². The highest BCUT2D eigenvalue weighted by Gasteiger charge is 2.33. The zero-order valence-corrected chi connectivity index (χ0v) is 10.9. The molecule has 1 saturated heterocycles. The molecule has 1 aromatic rings. The Kier molecular flexibility index (Phi) is 3.84. The third-order valence-electron chi connectivity index (χ3n) is 2.58. The predicted octanol–water partition coefficient (Wildman–Crippen LogP) is 1.86. The number of hydrogen-bond donors (Lipinski definition) is 1. The number of rotatable bonds is 2. The molecule has 1 aliphatic rings. The highest BCUT2D eigenvalue weighted by molar-refractivity contribution is 8.15. The van der Waals surface area contributed by atoms with Crippen LogP contribution in [-0.2, 0) is 9.59 Å². The monoisotopic (exact) mass is 282 g/mol. The highest BCUT2D eigenvalue weighted by Crippen LogP contribution is 2.28. The first kappa shape index (κ1) is 13.5. The van der Waals surface area contributed by atoms with Crippen molar-refractivity contribution in [2.24, 2.45) is 4.99 Å². The lowest BCUT2D eigenvalue weighted by Gasteiger charge is -2.27. The van der Waals surface area contributed by atoms with Gasteiger partial charge in [0, 0.05) is 7.05 Å². The van der Waals surface area contributed by atoms with Crippen molar-refractivity contribution >= 4 is 34.5 Å². The number of carboxylic acids is 1. The topological polar surface area (TPSA) is 70.0 Å². The molecule has 1 aromatic carbocycles.